The van der Waals surface area contributed by atoms with Gasteiger partial charge in [-0.1, -0.05) is 30.3 Å². The van der Waals surface area contributed by atoms with Crippen molar-refractivity contribution in [1.82, 2.24) is 10.2 Å². The second kappa shape index (κ2) is 11.3. The van der Waals surface area contributed by atoms with Crippen molar-refractivity contribution in [3.63, 3.8) is 0 Å². The molecule has 0 saturated heterocycles. The summed E-state index contributed by atoms with van der Waals surface area (Å²) in [6.45, 7) is 6.12. The lowest BCUT2D eigenvalue weighted by atomic mass is 10.1. The van der Waals surface area contributed by atoms with Gasteiger partial charge in [-0.15, -0.1) is 0 Å². The summed E-state index contributed by atoms with van der Waals surface area (Å²) in [5, 5.41) is 2.19. The summed E-state index contributed by atoms with van der Waals surface area (Å²) in [6, 6.07) is 7.19. The molecule has 1 aromatic carbocycles. The number of ether oxygens (including phenoxy) is 2. The molecule has 0 aromatic heterocycles. The number of hydrogen-bond acceptors (Lipinski definition) is 5. The minimum atomic E-state index is -2.85. The van der Waals surface area contributed by atoms with Crippen LogP contribution >= 0.6 is 0 Å². The second-order valence-corrected chi connectivity index (χ2v) is 7.31. The number of halogens is 2. The SMILES string of the molecule is CCOC(=O)CN(Cc1ccccc1)C(=O)C(CC(F)F)NC(=O)OC(C)(C)C. The Kier molecular flexibility index (Phi) is 9.50. The first-order valence-corrected chi connectivity index (χ1v) is 9.27. The van der Waals surface area contributed by atoms with E-state index in [9.17, 15) is 23.2 Å². The van der Waals surface area contributed by atoms with Crippen molar-refractivity contribution in [2.45, 2.75) is 58.7 Å². The van der Waals surface area contributed by atoms with E-state index in [1.165, 1.54) is 0 Å². The molecule has 0 bridgehead atoms. The number of carbonyl (C=O) groups excluding carboxylic acids is 3. The third-order valence-electron chi connectivity index (χ3n) is 3.56. The summed E-state index contributed by atoms with van der Waals surface area (Å²) in [4.78, 5) is 38.0. The lowest BCUT2D eigenvalue weighted by molar-refractivity contribution is -0.150. The van der Waals surface area contributed by atoms with Gasteiger partial charge in [-0.05, 0) is 33.3 Å². The van der Waals surface area contributed by atoms with E-state index in [2.05, 4.69) is 5.32 Å². The van der Waals surface area contributed by atoms with E-state index in [4.69, 9.17) is 9.47 Å². The summed E-state index contributed by atoms with van der Waals surface area (Å²) < 4.78 is 36.0. The number of esters is 1. The van der Waals surface area contributed by atoms with Crippen LogP contribution in [0.2, 0.25) is 0 Å². The molecular formula is C20H28F2N2O5. The molecule has 2 amide bonds. The molecular weight excluding hydrogens is 386 g/mol. The van der Waals surface area contributed by atoms with Crippen LogP contribution in [0, 0.1) is 0 Å². The minimum absolute atomic E-state index is 0.00573. The van der Waals surface area contributed by atoms with Crippen LogP contribution in [0.1, 0.15) is 39.7 Å². The zero-order chi connectivity index (χ0) is 22.0. The molecule has 0 aliphatic carbocycles. The van der Waals surface area contributed by atoms with Gasteiger partial charge in [0.2, 0.25) is 12.3 Å². The Balaban J connectivity index is 3.03. The van der Waals surface area contributed by atoms with Crippen molar-refractivity contribution in [2.75, 3.05) is 13.2 Å². The van der Waals surface area contributed by atoms with E-state index in [0.29, 0.717) is 5.56 Å². The Hall–Kier alpha value is -2.71. The molecule has 1 atom stereocenters. The topological polar surface area (TPSA) is 84.9 Å². The van der Waals surface area contributed by atoms with Gasteiger partial charge >= 0.3 is 12.1 Å². The molecule has 0 aliphatic rings. The Bertz CT molecular complexity index is 677. The van der Waals surface area contributed by atoms with Crippen molar-refractivity contribution in [2.24, 2.45) is 0 Å². The van der Waals surface area contributed by atoms with E-state index in [0.717, 1.165) is 4.90 Å². The number of alkyl carbamates (subject to hydrolysis) is 1. The highest BCUT2D eigenvalue weighted by Gasteiger charge is 2.31. The third kappa shape index (κ3) is 9.87. The number of rotatable bonds is 9. The number of benzene rings is 1. The Morgan fingerprint density at radius 1 is 1.14 bits per heavy atom. The van der Waals surface area contributed by atoms with Gasteiger partial charge < -0.3 is 19.7 Å². The van der Waals surface area contributed by atoms with Gasteiger partial charge in [0.15, 0.2) is 0 Å². The second-order valence-electron chi connectivity index (χ2n) is 7.31. The van der Waals surface area contributed by atoms with E-state index < -0.39 is 49.0 Å². The highest BCUT2D eigenvalue weighted by atomic mass is 19.3. The molecule has 162 valence electrons. The highest BCUT2D eigenvalue weighted by molar-refractivity contribution is 5.88. The fraction of sp³-hybridized carbons (Fsp3) is 0.550. The molecule has 7 nitrogen and oxygen atoms in total. The minimum Gasteiger partial charge on any atom is -0.465 e. The van der Waals surface area contributed by atoms with Crippen LogP contribution in [0.15, 0.2) is 30.3 Å². The van der Waals surface area contributed by atoms with Gasteiger partial charge in [-0.3, -0.25) is 9.59 Å². The van der Waals surface area contributed by atoms with Crippen LogP contribution in [0.5, 0.6) is 0 Å². The van der Waals surface area contributed by atoms with Crippen LogP contribution in [0.4, 0.5) is 13.6 Å². The first-order valence-electron chi connectivity index (χ1n) is 9.27. The van der Waals surface area contributed by atoms with Crippen LogP contribution in [0.25, 0.3) is 0 Å². The predicted octanol–water partition coefficient (Wildman–Crippen LogP) is 3.13. The summed E-state index contributed by atoms with van der Waals surface area (Å²) in [6.07, 6.45) is -4.75. The Morgan fingerprint density at radius 3 is 2.28 bits per heavy atom. The maximum absolute atomic E-state index is 13.1. The summed E-state index contributed by atoms with van der Waals surface area (Å²) in [5.74, 6) is -1.50. The molecule has 9 heteroatoms. The van der Waals surface area contributed by atoms with Crippen molar-refractivity contribution < 1.29 is 32.6 Å². The van der Waals surface area contributed by atoms with Gasteiger partial charge in [0.1, 0.15) is 18.2 Å². The van der Waals surface area contributed by atoms with E-state index in [1.54, 1.807) is 58.0 Å². The van der Waals surface area contributed by atoms with Gasteiger partial charge in [0.25, 0.3) is 0 Å². The predicted molar refractivity (Wildman–Crippen MR) is 102 cm³/mol. The zero-order valence-corrected chi connectivity index (χ0v) is 17.1. The van der Waals surface area contributed by atoms with E-state index in [-0.39, 0.29) is 13.2 Å². The van der Waals surface area contributed by atoms with E-state index >= 15 is 0 Å². The first kappa shape index (κ1) is 24.3. The lowest BCUT2D eigenvalue weighted by Gasteiger charge is -2.28. The number of carbonyl (C=O) groups is 3. The van der Waals surface area contributed by atoms with Gasteiger partial charge in [0.05, 0.1) is 6.61 Å². The Labute approximate surface area is 169 Å². The number of alkyl halides is 2. The molecule has 1 aromatic rings. The van der Waals surface area contributed by atoms with Crippen LogP contribution < -0.4 is 5.32 Å². The summed E-state index contributed by atoms with van der Waals surface area (Å²) in [5.41, 5.74) is -0.171. The van der Waals surface area contributed by atoms with Crippen LogP contribution in [-0.4, -0.2) is 54.1 Å². The van der Waals surface area contributed by atoms with Crippen molar-refractivity contribution in [1.29, 1.82) is 0 Å². The number of nitrogens with zero attached hydrogens (tertiary/aromatic N) is 1. The molecule has 1 rings (SSSR count). The quantitative estimate of drug-likeness (QED) is 0.628. The molecule has 1 N–H and O–H groups in total. The number of nitrogens with one attached hydrogen (secondary N) is 1. The zero-order valence-electron chi connectivity index (χ0n) is 17.1. The molecule has 0 saturated carbocycles. The van der Waals surface area contributed by atoms with Crippen molar-refractivity contribution in [3.05, 3.63) is 35.9 Å². The molecule has 29 heavy (non-hydrogen) atoms. The van der Waals surface area contributed by atoms with Crippen LogP contribution in [0.3, 0.4) is 0 Å². The Morgan fingerprint density at radius 2 is 1.76 bits per heavy atom. The van der Waals surface area contributed by atoms with Gasteiger partial charge in [0, 0.05) is 13.0 Å². The standard InChI is InChI=1S/C20H28F2N2O5/c1-5-28-17(25)13-24(12-14-9-7-6-8-10-14)18(26)15(11-16(21)22)23-19(27)29-20(2,3)4/h6-10,15-16H,5,11-13H2,1-4H3,(H,23,27). The van der Waals surface area contributed by atoms with Crippen molar-refractivity contribution >= 4 is 18.0 Å². The molecule has 0 fully saturated rings. The molecule has 1 unspecified atom stereocenters. The first-order chi connectivity index (χ1) is 13.5. The van der Waals surface area contributed by atoms with Gasteiger partial charge in [-0.25, -0.2) is 13.6 Å². The average molecular weight is 414 g/mol. The van der Waals surface area contributed by atoms with Crippen molar-refractivity contribution in [3.8, 4) is 0 Å². The molecule has 0 heterocycles. The highest BCUT2D eigenvalue weighted by Crippen LogP contribution is 2.13. The van der Waals surface area contributed by atoms with Gasteiger partial charge in [-0.2, -0.15) is 0 Å². The lowest BCUT2D eigenvalue weighted by Crippen LogP contribution is -2.51. The monoisotopic (exact) mass is 414 g/mol. The maximum atomic E-state index is 13.1. The fourth-order valence-electron chi connectivity index (χ4n) is 2.45. The summed E-state index contributed by atoms with van der Waals surface area (Å²) >= 11 is 0. The third-order valence-corrected chi connectivity index (χ3v) is 3.56. The fourth-order valence-corrected chi connectivity index (χ4v) is 2.45. The molecule has 0 aliphatic heterocycles. The smallest absolute Gasteiger partial charge is 0.408 e. The largest absolute Gasteiger partial charge is 0.465 e. The summed E-state index contributed by atoms with van der Waals surface area (Å²) in [7, 11) is 0. The molecule has 0 spiro atoms. The normalized spacial score (nSPS) is 12.2. The number of hydrogen-bond donors (Lipinski definition) is 1. The number of amides is 2. The average Bonchev–Trinajstić information content (AvgIpc) is 2.59. The molecule has 0 radical (unpaired) electrons. The van der Waals surface area contributed by atoms with Crippen LogP contribution in [-0.2, 0) is 25.6 Å². The maximum Gasteiger partial charge on any atom is 0.408 e. The van der Waals surface area contributed by atoms with E-state index in [1.807, 2.05) is 0 Å².